The van der Waals surface area contributed by atoms with E-state index in [1.165, 1.54) is 6.07 Å². The quantitative estimate of drug-likeness (QED) is 0.703. The van der Waals surface area contributed by atoms with Crippen molar-refractivity contribution in [3.63, 3.8) is 0 Å². The molecule has 2 aliphatic carbocycles. The summed E-state index contributed by atoms with van der Waals surface area (Å²) in [5.74, 6) is -0.935. The van der Waals surface area contributed by atoms with Crippen LogP contribution in [-0.4, -0.2) is 29.4 Å². The van der Waals surface area contributed by atoms with Crippen LogP contribution in [0.4, 0.5) is 4.39 Å². The van der Waals surface area contributed by atoms with Gasteiger partial charge in [0.05, 0.1) is 5.41 Å². The van der Waals surface area contributed by atoms with Crippen LogP contribution >= 0.6 is 0 Å². The molecule has 0 bridgehead atoms. The Morgan fingerprint density at radius 2 is 1.70 bits per heavy atom. The number of amides is 1. The lowest BCUT2D eigenvalue weighted by molar-refractivity contribution is -0.154. The predicted molar refractivity (Wildman–Crippen MR) is 98.3 cm³/mol. The maximum atomic E-state index is 13.9. The van der Waals surface area contributed by atoms with Gasteiger partial charge in [-0.25, -0.2) is 4.39 Å². The van der Waals surface area contributed by atoms with Crippen LogP contribution in [0.5, 0.6) is 0 Å². The predicted octanol–water partition coefficient (Wildman–Crippen LogP) is 3.59. The van der Waals surface area contributed by atoms with Gasteiger partial charge in [-0.2, -0.15) is 0 Å². The van der Waals surface area contributed by atoms with Crippen molar-refractivity contribution < 1.29 is 18.7 Å². The van der Waals surface area contributed by atoms with Crippen molar-refractivity contribution in [1.82, 2.24) is 4.90 Å². The highest BCUT2D eigenvalue weighted by atomic mass is 19.1. The van der Waals surface area contributed by atoms with Crippen molar-refractivity contribution in [2.24, 2.45) is 0 Å². The molecule has 2 aromatic rings. The molecule has 0 radical (unpaired) electrons. The van der Waals surface area contributed by atoms with Crippen LogP contribution < -0.4 is 0 Å². The van der Waals surface area contributed by atoms with Crippen molar-refractivity contribution in [3.8, 4) is 0 Å². The second kappa shape index (κ2) is 7.14. The smallest absolute Gasteiger partial charge is 0.317 e. The number of hydrogen-bond donors (Lipinski definition) is 0. The van der Waals surface area contributed by atoms with E-state index in [9.17, 15) is 14.0 Å². The fourth-order valence-corrected chi connectivity index (χ4v) is 3.46. The largest absolute Gasteiger partial charge is 0.455 e. The third kappa shape index (κ3) is 3.72. The third-order valence-electron chi connectivity index (χ3n) is 5.40. The standard InChI is InChI=1S/C22H22FNO3/c23-19-9-5-4-6-16(19)14-24(18-10-11-18)20(25)15-27-21(26)22(12-13-22)17-7-2-1-3-8-17/h1-9,18H,10-15H2. The fraction of sp³-hybridized carbons (Fsp3) is 0.364. The molecule has 140 valence electrons. The highest BCUT2D eigenvalue weighted by Crippen LogP contribution is 2.49. The number of halogens is 1. The molecule has 0 saturated heterocycles. The van der Waals surface area contributed by atoms with Gasteiger partial charge in [0.15, 0.2) is 6.61 Å². The zero-order valence-electron chi connectivity index (χ0n) is 15.1. The lowest BCUT2D eigenvalue weighted by atomic mass is 9.96. The summed E-state index contributed by atoms with van der Waals surface area (Å²) in [6, 6.07) is 16.1. The molecule has 2 aliphatic rings. The monoisotopic (exact) mass is 367 g/mol. The van der Waals surface area contributed by atoms with Crippen molar-refractivity contribution in [2.45, 2.75) is 43.7 Å². The Balaban J connectivity index is 1.39. The Hall–Kier alpha value is -2.69. The van der Waals surface area contributed by atoms with E-state index in [0.717, 1.165) is 31.2 Å². The minimum atomic E-state index is -0.600. The van der Waals surface area contributed by atoms with Crippen LogP contribution in [-0.2, 0) is 26.3 Å². The summed E-state index contributed by atoms with van der Waals surface area (Å²) in [6.45, 7) is -0.0874. The zero-order chi connectivity index (χ0) is 18.9. The average molecular weight is 367 g/mol. The first-order chi connectivity index (χ1) is 13.1. The topological polar surface area (TPSA) is 46.6 Å². The third-order valence-corrected chi connectivity index (χ3v) is 5.40. The number of nitrogens with zero attached hydrogens (tertiary/aromatic N) is 1. The number of carbonyl (C=O) groups excluding carboxylic acids is 2. The molecule has 0 aliphatic heterocycles. The minimum absolute atomic E-state index is 0.111. The lowest BCUT2D eigenvalue weighted by Crippen LogP contribution is -2.37. The molecule has 4 nitrogen and oxygen atoms in total. The molecule has 0 unspecified atom stereocenters. The first-order valence-corrected chi connectivity index (χ1v) is 9.36. The van der Waals surface area contributed by atoms with Gasteiger partial charge in [-0.3, -0.25) is 9.59 Å². The van der Waals surface area contributed by atoms with Crippen molar-refractivity contribution in [2.75, 3.05) is 6.61 Å². The summed E-state index contributed by atoms with van der Waals surface area (Å²) in [4.78, 5) is 26.9. The van der Waals surface area contributed by atoms with Gasteiger partial charge in [0, 0.05) is 18.2 Å². The summed E-state index contributed by atoms with van der Waals surface area (Å²) in [6.07, 6.45) is 3.29. The number of benzene rings is 2. The normalized spacial score (nSPS) is 17.2. The van der Waals surface area contributed by atoms with E-state index in [1.807, 2.05) is 30.3 Å². The number of carbonyl (C=O) groups is 2. The molecule has 0 N–H and O–H groups in total. The van der Waals surface area contributed by atoms with Gasteiger partial charge in [0.1, 0.15) is 5.82 Å². The Morgan fingerprint density at radius 3 is 2.33 bits per heavy atom. The van der Waals surface area contributed by atoms with Gasteiger partial charge >= 0.3 is 5.97 Å². The van der Waals surface area contributed by atoms with Crippen molar-refractivity contribution in [3.05, 3.63) is 71.5 Å². The summed E-state index contributed by atoms with van der Waals surface area (Å²) in [5.41, 5.74) is 0.817. The highest BCUT2D eigenvalue weighted by molar-refractivity contribution is 5.89. The summed E-state index contributed by atoms with van der Waals surface area (Å²) >= 11 is 0. The van der Waals surface area contributed by atoms with Crippen LogP contribution in [0.15, 0.2) is 54.6 Å². The van der Waals surface area contributed by atoms with Crippen molar-refractivity contribution >= 4 is 11.9 Å². The fourth-order valence-electron chi connectivity index (χ4n) is 3.46. The molecule has 1 amide bonds. The number of rotatable bonds is 7. The molecule has 0 spiro atoms. The SMILES string of the molecule is O=C(COC(=O)C1(c2ccccc2)CC1)N(Cc1ccccc1F)C1CC1. The van der Waals surface area contributed by atoms with Crippen LogP contribution in [0.2, 0.25) is 0 Å². The Labute approximate surface area is 157 Å². The molecule has 0 atom stereocenters. The van der Waals surface area contributed by atoms with Gasteiger partial charge < -0.3 is 9.64 Å². The van der Waals surface area contributed by atoms with Crippen LogP contribution in [0.25, 0.3) is 0 Å². The molecule has 4 rings (SSSR count). The van der Waals surface area contributed by atoms with E-state index in [2.05, 4.69) is 0 Å². The van der Waals surface area contributed by atoms with Crippen molar-refractivity contribution in [1.29, 1.82) is 0 Å². The molecule has 2 saturated carbocycles. The summed E-state index contributed by atoms with van der Waals surface area (Å²) in [5, 5.41) is 0. The van der Waals surface area contributed by atoms with Gasteiger partial charge in [-0.1, -0.05) is 48.5 Å². The Morgan fingerprint density at radius 1 is 1.04 bits per heavy atom. The molecule has 2 fully saturated rings. The van der Waals surface area contributed by atoms with Gasteiger partial charge in [0.2, 0.25) is 0 Å². The molecular weight excluding hydrogens is 345 g/mol. The molecule has 2 aromatic carbocycles. The lowest BCUT2D eigenvalue weighted by Gasteiger charge is -2.23. The van der Waals surface area contributed by atoms with E-state index >= 15 is 0 Å². The average Bonchev–Trinajstić information content (AvgIpc) is 3.59. The Kier molecular flexibility index (Phi) is 4.68. The maximum absolute atomic E-state index is 13.9. The van der Waals surface area contributed by atoms with E-state index < -0.39 is 5.41 Å². The van der Waals surface area contributed by atoms with Gasteiger partial charge in [-0.15, -0.1) is 0 Å². The maximum Gasteiger partial charge on any atom is 0.317 e. The molecule has 5 heteroatoms. The summed E-state index contributed by atoms with van der Waals surface area (Å²) in [7, 11) is 0. The van der Waals surface area contributed by atoms with Crippen LogP contribution in [0.1, 0.15) is 36.8 Å². The van der Waals surface area contributed by atoms with E-state index in [1.54, 1.807) is 23.1 Å². The second-order valence-electron chi connectivity index (χ2n) is 7.37. The zero-order valence-corrected chi connectivity index (χ0v) is 15.1. The first-order valence-electron chi connectivity index (χ1n) is 9.36. The van der Waals surface area contributed by atoms with Crippen LogP contribution in [0, 0.1) is 5.82 Å². The van der Waals surface area contributed by atoms with E-state index in [4.69, 9.17) is 4.74 Å². The molecule has 0 aromatic heterocycles. The molecule has 0 heterocycles. The Bertz CT molecular complexity index is 844. The molecule has 27 heavy (non-hydrogen) atoms. The summed E-state index contributed by atoms with van der Waals surface area (Å²) < 4.78 is 19.3. The minimum Gasteiger partial charge on any atom is -0.455 e. The van der Waals surface area contributed by atoms with Gasteiger partial charge in [-0.05, 0) is 37.3 Å². The molecular formula is C22H22FNO3. The number of esters is 1. The highest BCUT2D eigenvalue weighted by Gasteiger charge is 2.53. The van der Waals surface area contributed by atoms with E-state index in [0.29, 0.717) is 5.56 Å². The van der Waals surface area contributed by atoms with E-state index in [-0.39, 0.29) is 36.9 Å². The number of ether oxygens (including phenoxy) is 1. The van der Waals surface area contributed by atoms with Gasteiger partial charge in [0.25, 0.3) is 5.91 Å². The second-order valence-corrected chi connectivity index (χ2v) is 7.37. The van der Waals surface area contributed by atoms with Crippen LogP contribution in [0.3, 0.4) is 0 Å². The first kappa shape index (κ1) is 17.7. The number of hydrogen-bond acceptors (Lipinski definition) is 3.